The number of carbonyl (C=O) groups is 1. The van der Waals surface area contributed by atoms with E-state index in [1.54, 1.807) is 93.6 Å². The number of hydrogen-bond donors (Lipinski definition) is 1. The van der Waals surface area contributed by atoms with Gasteiger partial charge in [0.1, 0.15) is 33.0 Å². The standard InChI is InChI=1S/C45H49N7O11S3/c1-45(2,3)63-44(53)50-28-38(29-50)64(54,55)40-23-22-39(33-8-7-9-37(24-33)65(46,56)57)41(43-47-48-49-52(43)27-32-14-20-36(62-6)21-15-32)42(40)66(58,59)51(25-30-10-16-34(60-4)17-11-30)26-31-12-18-35(61-5)19-13-31/h7-24,38H,25-29H2,1-6H3,(H2,46,56,57). The van der Waals surface area contributed by atoms with Crippen LogP contribution >= 0.6 is 0 Å². The van der Waals surface area contributed by atoms with E-state index < -0.39 is 56.6 Å². The lowest BCUT2D eigenvalue weighted by molar-refractivity contribution is 0.0139. The molecule has 0 spiro atoms. The van der Waals surface area contributed by atoms with Crippen LogP contribution in [0.2, 0.25) is 0 Å². The van der Waals surface area contributed by atoms with E-state index in [4.69, 9.17) is 24.1 Å². The molecule has 7 rings (SSSR count). The van der Waals surface area contributed by atoms with Gasteiger partial charge in [0.05, 0.1) is 43.2 Å². The topological polar surface area (TPSA) is 233 Å². The number of carbonyl (C=O) groups excluding carboxylic acids is 1. The summed E-state index contributed by atoms with van der Waals surface area (Å²) >= 11 is 0. The van der Waals surface area contributed by atoms with Crippen LogP contribution in [0.1, 0.15) is 37.5 Å². The number of tetrazole rings is 1. The molecule has 1 aliphatic heterocycles. The van der Waals surface area contributed by atoms with Crippen molar-refractivity contribution in [3.63, 3.8) is 0 Å². The fourth-order valence-electron chi connectivity index (χ4n) is 7.25. The number of primary sulfonamides is 1. The van der Waals surface area contributed by atoms with Crippen molar-refractivity contribution in [1.82, 2.24) is 29.4 Å². The quantitative estimate of drug-likeness (QED) is 0.126. The van der Waals surface area contributed by atoms with Gasteiger partial charge in [0.25, 0.3) is 0 Å². The summed E-state index contributed by atoms with van der Waals surface area (Å²) in [5.74, 6) is 1.47. The SMILES string of the molecule is COc1ccc(CN(Cc2ccc(OC)cc2)S(=O)(=O)c2c(S(=O)(=O)C3CN(C(=O)OC(C)(C)C)C3)ccc(-c3cccc(S(N)(=O)=O)c3)c2-c2nnnn2Cc2ccc(OC)cc2)cc1. The molecule has 0 unspecified atom stereocenters. The van der Waals surface area contributed by atoms with Gasteiger partial charge >= 0.3 is 6.09 Å². The molecule has 0 saturated carbocycles. The maximum atomic E-state index is 16.1. The van der Waals surface area contributed by atoms with E-state index in [2.05, 4.69) is 15.5 Å². The molecule has 1 saturated heterocycles. The van der Waals surface area contributed by atoms with Crippen LogP contribution in [0, 0.1) is 0 Å². The zero-order valence-corrected chi connectivity index (χ0v) is 39.4. The van der Waals surface area contributed by atoms with Gasteiger partial charge in [-0.15, -0.1) is 5.10 Å². The van der Waals surface area contributed by atoms with Gasteiger partial charge in [0, 0.05) is 26.2 Å². The van der Waals surface area contributed by atoms with Gasteiger partial charge in [-0.2, -0.15) is 4.31 Å². The van der Waals surface area contributed by atoms with Crippen LogP contribution in [0.5, 0.6) is 17.2 Å². The zero-order valence-electron chi connectivity index (χ0n) is 37.0. The van der Waals surface area contributed by atoms with E-state index in [0.717, 1.165) is 4.31 Å². The molecular formula is C45H49N7O11S3. The third-order valence-electron chi connectivity index (χ3n) is 10.7. The molecule has 1 aromatic heterocycles. The van der Waals surface area contributed by atoms with Crippen molar-refractivity contribution >= 4 is 36.0 Å². The molecule has 0 aliphatic carbocycles. The molecule has 66 heavy (non-hydrogen) atoms. The van der Waals surface area contributed by atoms with Gasteiger partial charge in [-0.25, -0.2) is 39.9 Å². The first-order valence-electron chi connectivity index (χ1n) is 20.4. The molecule has 6 aromatic rings. The summed E-state index contributed by atoms with van der Waals surface area (Å²) in [5, 5.41) is 16.9. The Morgan fingerprint density at radius 1 is 0.742 bits per heavy atom. The summed E-state index contributed by atoms with van der Waals surface area (Å²) in [4.78, 5) is 12.7. The monoisotopic (exact) mass is 959 g/mol. The summed E-state index contributed by atoms with van der Waals surface area (Å²) < 4.78 is 112. The molecule has 1 amide bonds. The minimum absolute atomic E-state index is 0.0195. The van der Waals surface area contributed by atoms with Gasteiger partial charge in [-0.3, -0.25) is 0 Å². The molecule has 1 aliphatic rings. The van der Waals surface area contributed by atoms with E-state index >= 15 is 16.8 Å². The van der Waals surface area contributed by atoms with Crippen LogP contribution in [0.4, 0.5) is 4.79 Å². The molecule has 0 atom stereocenters. The number of amides is 1. The van der Waals surface area contributed by atoms with Crippen molar-refractivity contribution in [3.05, 3.63) is 126 Å². The number of likely N-dealkylation sites (tertiary alicyclic amines) is 1. The highest BCUT2D eigenvalue weighted by Gasteiger charge is 2.46. The van der Waals surface area contributed by atoms with Crippen LogP contribution in [0.15, 0.2) is 124 Å². The fraction of sp³-hybridized carbons (Fsp3) is 0.289. The summed E-state index contributed by atoms with van der Waals surface area (Å²) in [6.45, 7) is 3.94. The van der Waals surface area contributed by atoms with Crippen molar-refractivity contribution in [1.29, 1.82) is 0 Å². The summed E-state index contributed by atoms with van der Waals surface area (Å²) in [7, 11) is -9.42. The first kappa shape index (κ1) is 47.6. The average Bonchev–Trinajstić information content (AvgIpc) is 3.72. The number of sulfonamides is 2. The summed E-state index contributed by atoms with van der Waals surface area (Å²) in [5.41, 5.74) is 0.876. The van der Waals surface area contributed by atoms with Gasteiger partial charge in [0.15, 0.2) is 15.7 Å². The second kappa shape index (κ2) is 18.8. The Morgan fingerprint density at radius 3 is 1.77 bits per heavy atom. The van der Waals surface area contributed by atoms with Crippen LogP contribution < -0.4 is 19.3 Å². The first-order chi connectivity index (χ1) is 31.2. The number of methoxy groups -OCH3 is 3. The normalized spacial score (nSPS) is 13.6. The van der Waals surface area contributed by atoms with Crippen LogP contribution in [-0.4, -0.2) is 106 Å². The lowest BCUT2D eigenvalue weighted by Gasteiger charge is -2.39. The number of nitrogens with zero attached hydrogens (tertiary/aromatic N) is 6. The number of ether oxygens (including phenoxy) is 4. The maximum Gasteiger partial charge on any atom is 0.410 e. The predicted molar refractivity (Wildman–Crippen MR) is 243 cm³/mol. The van der Waals surface area contributed by atoms with E-state index in [1.165, 1.54) is 67.3 Å². The van der Waals surface area contributed by atoms with E-state index in [9.17, 15) is 13.2 Å². The lowest BCUT2D eigenvalue weighted by Crippen LogP contribution is -2.57. The van der Waals surface area contributed by atoms with Crippen molar-refractivity contribution in [2.24, 2.45) is 5.14 Å². The summed E-state index contributed by atoms with van der Waals surface area (Å²) in [6.07, 6.45) is -0.726. The third-order valence-corrected chi connectivity index (χ3v) is 15.8. The highest BCUT2D eigenvalue weighted by molar-refractivity contribution is 7.94. The van der Waals surface area contributed by atoms with Crippen LogP contribution in [0.3, 0.4) is 0 Å². The number of hydrogen-bond acceptors (Lipinski definition) is 14. The van der Waals surface area contributed by atoms with E-state index in [1.807, 2.05) is 0 Å². The molecule has 0 radical (unpaired) electrons. The summed E-state index contributed by atoms with van der Waals surface area (Å²) in [6, 6.07) is 28.5. The van der Waals surface area contributed by atoms with Crippen molar-refractivity contribution in [2.45, 2.75) is 65.9 Å². The van der Waals surface area contributed by atoms with Gasteiger partial charge in [-0.05, 0) is 114 Å². The average molecular weight is 960 g/mol. The number of sulfone groups is 1. The lowest BCUT2D eigenvalue weighted by atomic mass is 9.99. The molecule has 2 N–H and O–H groups in total. The van der Waals surface area contributed by atoms with Crippen molar-refractivity contribution in [2.75, 3.05) is 34.4 Å². The van der Waals surface area contributed by atoms with Crippen molar-refractivity contribution in [3.8, 4) is 39.8 Å². The Morgan fingerprint density at radius 2 is 1.27 bits per heavy atom. The number of rotatable bonds is 16. The molecule has 348 valence electrons. The zero-order chi connectivity index (χ0) is 47.6. The Hall–Kier alpha value is -6.39. The van der Waals surface area contributed by atoms with Crippen LogP contribution in [0.25, 0.3) is 22.5 Å². The molecule has 18 nitrogen and oxygen atoms in total. The van der Waals surface area contributed by atoms with Gasteiger partial charge in [-0.1, -0.05) is 54.6 Å². The molecule has 2 heterocycles. The Balaban J connectivity index is 1.51. The van der Waals surface area contributed by atoms with E-state index in [-0.39, 0.29) is 60.1 Å². The number of benzene rings is 5. The maximum absolute atomic E-state index is 16.1. The number of aromatic nitrogens is 4. The van der Waals surface area contributed by atoms with Crippen LogP contribution in [-0.2, 0) is 54.3 Å². The fourth-order valence-corrected chi connectivity index (χ4v) is 11.9. The number of nitrogens with two attached hydrogens (primary N) is 1. The second-order valence-electron chi connectivity index (χ2n) is 16.4. The largest absolute Gasteiger partial charge is 0.497 e. The van der Waals surface area contributed by atoms with Gasteiger partial charge < -0.3 is 23.8 Å². The first-order valence-corrected chi connectivity index (χ1v) is 24.9. The molecule has 5 aromatic carbocycles. The third kappa shape index (κ3) is 10.3. The molecule has 1 fully saturated rings. The Bertz CT molecular complexity index is 3010. The second-order valence-corrected chi connectivity index (χ2v) is 22.1. The van der Waals surface area contributed by atoms with Gasteiger partial charge in [0.2, 0.25) is 20.0 Å². The Labute approximate surface area is 383 Å². The van der Waals surface area contributed by atoms with E-state index in [0.29, 0.717) is 33.9 Å². The van der Waals surface area contributed by atoms with Crippen molar-refractivity contribution < 1.29 is 49.0 Å². The minimum Gasteiger partial charge on any atom is -0.497 e. The molecular weight excluding hydrogens is 911 g/mol. The minimum atomic E-state index is -5.02. The highest BCUT2D eigenvalue weighted by atomic mass is 32.2. The Kier molecular flexibility index (Phi) is 13.6. The highest BCUT2D eigenvalue weighted by Crippen LogP contribution is 2.44. The molecule has 21 heteroatoms. The molecule has 0 bridgehead atoms. The predicted octanol–water partition coefficient (Wildman–Crippen LogP) is 5.51. The smallest absolute Gasteiger partial charge is 0.410 e.